The van der Waals surface area contributed by atoms with Crippen LogP contribution < -0.4 is 0 Å². The minimum atomic E-state index is 0.283. The predicted octanol–water partition coefficient (Wildman–Crippen LogP) is 1.85. The molecule has 2 nitrogen and oxygen atoms in total. The minimum Gasteiger partial charge on any atom is -0.340 e. The number of nitrogens with zero attached hydrogens (tertiary/aromatic N) is 1. The van der Waals surface area contributed by atoms with Crippen molar-refractivity contribution in [2.75, 3.05) is 24.6 Å². The van der Waals surface area contributed by atoms with Crippen LogP contribution in [0.25, 0.3) is 0 Å². The molecule has 14 heavy (non-hydrogen) atoms. The van der Waals surface area contributed by atoms with Gasteiger partial charge in [-0.2, -0.15) is 11.8 Å². The first-order chi connectivity index (χ1) is 6.77. The molecule has 0 bridgehead atoms. The molecular formula is C10H17NOS2. The van der Waals surface area contributed by atoms with Crippen LogP contribution in [0, 0.1) is 0 Å². The van der Waals surface area contributed by atoms with Gasteiger partial charge in [0.1, 0.15) is 0 Å². The summed E-state index contributed by atoms with van der Waals surface area (Å²) in [6, 6.07) is 0. The van der Waals surface area contributed by atoms with Gasteiger partial charge in [0.2, 0.25) is 5.91 Å². The van der Waals surface area contributed by atoms with E-state index in [0.717, 1.165) is 25.3 Å². The summed E-state index contributed by atoms with van der Waals surface area (Å²) in [5, 5.41) is 0.907. The highest BCUT2D eigenvalue weighted by atomic mass is 32.2. The standard InChI is InChI=1S/C10H17NOS2/c1-8-7-11(4-6-13-8)10(12)9-3-2-5-14-9/h8-9H,2-7H2,1H3. The molecule has 2 aliphatic rings. The molecule has 80 valence electrons. The van der Waals surface area contributed by atoms with E-state index in [-0.39, 0.29) is 5.25 Å². The molecule has 0 N–H and O–H groups in total. The number of rotatable bonds is 1. The first-order valence-electron chi connectivity index (χ1n) is 5.29. The van der Waals surface area contributed by atoms with E-state index in [9.17, 15) is 4.79 Å². The molecule has 2 rings (SSSR count). The summed E-state index contributed by atoms with van der Waals surface area (Å²) >= 11 is 3.83. The Morgan fingerprint density at radius 3 is 2.86 bits per heavy atom. The summed E-state index contributed by atoms with van der Waals surface area (Å²) < 4.78 is 0. The highest BCUT2D eigenvalue weighted by molar-refractivity contribution is 8.00. The Kier molecular flexibility index (Phi) is 3.66. The van der Waals surface area contributed by atoms with Gasteiger partial charge >= 0.3 is 0 Å². The van der Waals surface area contributed by atoms with E-state index in [1.54, 1.807) is 0 Å². The zero-order chi connectivity index (χ0) is 9.97. The normalized spacial score (nSPS) is 33.4. The second-order valence-corrected chi connectivity index (χ2v) is 6.82. The van der Waals surface area contributed by atoms with Gasteiger partial charge in [-0.05, 0) is 18.6 Å². The lowest BCUT2D eigenvalue weighted by molar-refractivity contribution is -0.130. The largest absolute Gasteiger partial charge is 0.340 e. The summed E-state index contributed by atoms with van der Waals surface area (Å²) in [6.45, 7) is 4.14. The lowest BCUT2D eigenvalue weighted by atomic mass is 10.2. The predicted molar refractivity (Wildman–Crippen MR) is 64.0 cm³/mol. The zero-order valence-electron chi connectivity index (χ0n) is 8.57. The van der Waals surface area contributed by atoms with E-state index >= 15 is 0 Å². The maximum Gasteiger partial charge on any atom is 0.235 e. The van der Waals surface area contributed by atoms with Crippen LogP contribution in [0.5, 0.6) is 0 Å². The van der Waals surface area contributed by atoms with Crippen molar-refractivity contribution in [3.8, 4) is 0 Å². The average molecular weight is 231 g/mol. The van der Waals surface area contributed by atoms with Crippen molar-refractivity contribution in [1.82, 2.24) is 4.90 Å². The van der Waals surface area contributed by atoms with E-state index in [2.05, 4.69) is 11.8 Å². The summed E-state index contributed by atoms with van der Waals surface area (Å²) in [6.07, 6.45) is 2.32. The van der Waals surface area contributed by atoms with Crippen LogP contribution >= 0.6 is 23.5 Å². The molecule has 2 unspecified atom stereocenters. The monoisotopic (exact) mass is 231 g/mol. The fraction of sp³-hybridized carbons (Fsp3) is 0.900. The highest BCUT2D eigenvalue weighted by Crippen LogP contribution is 2.29. The lowest BCUT2D eigenvalue weighted by Crippen LogP contribution is -2.44. The number of carbonyl (C=O) groups excluding carboxylic acids is 1. The molecule has 0 aromatic heterocycles. The summed E-state index contributed by atoms with van der Waals surface area (Å²) in [5.74, 6) is 2.69. The molecule has 1 amide bonds. The molecule has 2 fully saturated rings. The molecule has 0 spiro atoms. The van der Waals surface area contributed by atoms with Crippen molar-refractivity contribution in [3.63, 3.8) is 0 Å². The third-order valence-electron chi connectivity index (χ3n) is 2.76. The Bertz CT molecular complexity index is 216. The molecule has 4 heteroatoms. The average Bonchev–Trinajstić information content (AvgIpc) is 2.69. The van der Waals surface area contributed by atoms with Gasteiger partial charge in [-0.25, -0.2) is 0 Å². The Hall–Kier alpha value is 0.170. The fourth-order valence-electron chi connectivity index (χ4n) is 1.99. The number of thioether (sulfide) groups is 2. The van der Waals surface area contributed by atoms with Crippen LogP contribution in [0.1, 0.15) is 19.8 Å². The van der Waals surface area contributed by atoms with Crippen LogP contribution in [-0.2, 0) is 4.79 Å². The van der Waals surface area contributed by atoms with Crippen LogP contribution in [0.2, 0.25) is 0 Å². The van der Waals surface area contributed by atoms with E-state index in [0.29, 0.717) is 11.2 Å². The molecule has 0 radical (unpaired) electrons. The molecule has 0 saturated carbocycles. The molecular weight excluding hydrogens is 214 g/mol. The molecule has 2 atom stereocenters. The number of amides is 1. The van der Waals surface area contributed by atoms with Crippen molar-refractivity contribution in [2.45, 2.75) is 30.3 Å². The van der Waals surface area contributed by atoms with Gasteiger partial charge in [-0.15, -0.1) is 11.8 Å². The van der Waals surface area contributed by atoms with Crippen LogP contribution in [0.4, 0.5) is 0 Å². The first kappa shape index (κ1) is 10.7. The maximum atomic E-state index is 12.0. The molecule has 0 aromatic rings. The fourth-order valence-corrected chi connectivity index (χ4v) is 4.25. The number of carbonyl (C=O) groups is 1. The van der Waals surface area contributed by atoms with E-state index < -0.39 is 0 Å². The molecule has 2 aliphatic heterocycles. The Balaban J connectivity index is 1.89. The maximum absolute atomic E-state index is 12.0. The smallest absolute Gasteiger partial charge is 0.235 e. The first-order valence-corrected chi connectivity index (χ1v) is 7.39. The summed E-state index contributed by atoms with van der Waals surface area (Å²) in [5.41, 5.74) is 0. The topological polar surface area (TPSA) is 20.3 Å². The van der Waals surface area contributed by atoms with Gasteiger partial charge in [-0.3, -0.25) is 4.79 Å². The number of hydrogen-bond acceptors (Lipinski definition) is 3. The molecule has 0 aromatic carbocycles. The van der Waals surface area contributed by atoms with Crippen LogP contribution in [0.3, 0.4) is 0 Å². The number of hydrogen-bond donors (Lipinski definition) is 0. The minimum absolute atomic E-state index is 0.283. The Morgan fingerprint density at radius 2 is 2.21 bits per heavy atom. The Morgan fingerprint density at radius 1 is 1.36 bits per heavy atom. The molecule has 2 heterocycles. The van der Waals surface area contributed by atoms with Crippen molar-refractivity contribution in [1.29, 1.82) is 0 Å². The van der Waals surface area contributed by atoms with Gasteiger partial charge < -0.3 is 4.90 Å². The SMILES string of the molecule is CC1CN(C(=O)C2CCCS2)CCS1. The second kappa shape index (κ2) is 4.79. The lowest BCUT2D eigenvalue weighted by Gasteiger charge is -2.32. The third kappa shape index (κ3) is 2.40. The van der Waals surface area contributed by atoms with Gasteiger partial charge in [0.05, 0.1) is 5.25 Å². The van der Waals surface area contributed by atoms with Gasteiger partial charge in [0, 0.05) is 24.1 Å². The Labute approximate surface area is 94.2 Å². The van der Waals surface area contributed by atoms with Crippen molar-refractivity contribution in [2.24, 2.45) is 0 Å². The van der Waals surface area contributed by atoms with Crippen molar-refractivity contribution in [3.05, 3.63) is 0 Å². The zero-order valence-corrected chi connectivity index (χ0v) is 10.2. The molecule has 0 aliphatic carbocycles. The molecule has 2 saturated heterocycles. The van der Waals surface area contributed by atoms with E-state index in [1.807, 2.05) is 23.5 Å². The van der Waals surface area contributed by atoms with Crippen molar-refractivity contribution >= 4 is 29.4 Å². The third-order valence-corrected chi connectivity index (χ3v) is 5.26. The van der Waals surface area contributed by atoms with E-state index in [1.165, 1.54) is 12.2 Å². The van der Waals surface area contributed by atoms with Gasteiger partial charge in [0.15, 0.2) is 0 Å². The van der Waals surface area contributed by atoms with Crippen molar-refractivity contribution < 1.29 is 4.79 Å². The van der Waals surface area contributed by atoms with Gasteiger partial charge in [0.25, 0.3) is 0 Å². The highest BCUT2D eigenvalue weighted by Gasteiger charge is 2.30. The van der Waals surface area contributed by atoms with Gasteiger partial charge in [-0.1, -0.05) is 6.92 Å². The van der Waals surface area contributed by atoms with Crippen LogP contribution in [0.15, 0.2) is 0 Å². The second-order valence-electron chi connectivity index (χ2n) is 3.97. The summed E-state index contributed by atoms with van der Waals surface area (Å²) in [7, 11) is 0. The van der Waals surface area contributed by atoms with E-state index in [4.69, 9.17) is 0 Å². The van der Waals surface area contributed by atoms with Crippen LogP contribution in [-0.4, -0.2) is 45.9 Å². The quantitative estimate of drug-likeness (QED) is 0.687. The summed E-state index contributed by atoms with van der Waals surface area (Å²) in [4.78, 5) is 14.1.